The van der Waals surface area contributed by atoms with Gasteiger partial charge >= 0.3 is 0 Å². The number of nitrogens with zero attached hydrogens (tertiary/aromatic N) is 4. The van der Waals surface area contributed by atoms with E-state index < -0.39 is 15.6 Å². The van der Waals surface area contributed by atoms with Crippen LogP contribution in [0.1, 0.15) is 47.4 Å². The summed E-state index contributed by atoms with van der Waals surface area (Å²) in [5.74, 6) is 0.801. The van der Waals surface area contributed by atoms with Crippen LogP contribution in [0.15, 0.2) is 6.33 Å². The lowest BCUT2D eigenvalue weighted by atomic mass is 10.1. The summed E-state index contributed by atoms with van der Waals surface area (Å²) in [5.41, 5.74) is -0.559. The van der Waals surface area contributed by atoms with Crippen molar-refractivity contribution in [3.63, 3.8) is 0 Å². The molecule has 1 rings (SSSR count). The Morgan fingerprint density at radius 3 is 2.15 bits per heavy atom. The Hall–Kier alpha value is -0.950. The lowest BCUT2D eigenvalue weighted by molar-refractivity contribution is 0.249. The van der Waals surface area contributed by atoms with E-state index in [4.69, 9.17) is 0 Å². The molecular weight excluding hydrogens is 276 g/mol. The van der Waals surface area contributed by atoms with E-state index in [9.17, 15) is 8.42 Å². The van der Waals surface area contributed by atoms with Crippen molar-refractivity contribution in [2.75, 3.05) is 12.8 Å². The number of rotatable bonds is 4. The Bertz CT molecular complexity index is 550. The molecule has 0 aliphatic rings. The number of aromatic nitrogens is 3. The average molecular weight is 302 g/mol. The molecular formula is C13H26N4O2S. The largest absolute Gasteiger partial charge is 0.312 e. The fourth-order valence-electron chi connectivity index (χ4n) is 2.19. The summed E-state index contributed by atoms with van der Waals surface area (Å²) in [6.07, 6.45) is 3.48. The quantitative estimate of drug-likeness (QED) is 0.848. The topological polar surface area (TPSA) is 68.1 Å². The van der Waals surface area contributed by atoms with E-state index in [0.717, 1.165) is 5.82 Å². The lowest BCUT2D eigenvalue weighted by Crippen LogP contribution is -2.46. The monoisotopic (exact) mass is 302 g/mol. The van der Waals surface area contributed by atoms with E-state index in [1.54, 1.807) is 6.33 Å². The van der Waals surface area contributed by atoms with Gasteiger partial charge in [0.1, 0.15) is 12.2 Å². The van der Waals surface area contributed by atoms with Crippen LogP contribution >= 0.6 is 0 Å². The smallest absolute Gasteiger partial charge is 0.211 e. The van der Waals surface area contributed by atoms with Gasteiger partial charge in [-0.2, -0.15) is 4.31 Å². The Morgan fingerprint density at radius 1 is 1.20 bits per heavy atom. The molecule has 1 aromatic heterocycles. The van der Waals surface area contributed by atoms with Gasteiger partial charge in [0.05, 0.1) is 6.26 Å². The molecule has 0 saturated carbocycles. The lowest BCUT2D eigenvalue weighted by Gasteiger charge is -2.33. The van der Waals surface area contributed by atoms with E-state index in [-0.39, 0.29) is 5.54 Å². The highest BCUT2D eigenvalue weighted by molar-refractivity contribution is 7.88. The highest BCUT2D eigenvalue weighted by atomic mass is 32.2. The van der Waals surface area contributed by atoms with Crippen molar-refractivity contribution in [3.8, 4) is 0 Å². The zero-order chi connectivity index (χ0) is 15.8. The maximum atomic E-state index is 11.9. The molecule has 116 valence electrons. The Morgan fingerprint density at radius 2 is 1.75 bits per heavy atom. The minimum atomic E-state index is -3.25. The first-order valence-corrected chi connectivity index (χ1v) is 8.55. The van der Waals surface area contributed by atoms with Crippen molar-refractivity contribution in [1.29, 1.82) is 0 Å². The van der Waals surface area contributed by atoms with Gasteiger partial charge in [-0.3, -0.25) is 0 Å². The van der Waals surface area contributed by atoms with Crippen molar-refractivity contribution in [1.82, 2.24) is 19.1 Å². The van der Waals surface area contributed by atoms with E-state index in [0.29, 0.717) is 13.0 Å². The first-order valence-electron chi connectivity index (χ1n) is 6.70. The normalized spacial score (nSPS) is 14.0. The van der Waals surface area contributed by atoms with Crippen molar-refractivity contribution in [2.45, 2.75) is 59.0 Å². The summed E-state index contributed by atoms with van der Waals surface area (Å²) in [4.78, 5) is 0. The molecule has 0 bridgehead atoms. The van der Waals surface area contributed by atoms with Gasteiger partial charge in [-0.1, -0.05) is 0 Å². The van der Waals surface area contributed by atoms with E-state index >= 15 is 0 Å². The first-order chi connectivity index (χ1) is 8.83. The molecule has 0 radical (unpaired) electrons. The second-order valence-corrected chi connectivity index (χ2v) is 8.95. The minimum absolute atomic E-state index is 0.115. The molecule has 6 nitrogen and oxygen atoms in total. The van der Waals surface area contributed by atoms with Crippen molar-refractivity contribution >= 4 is 10.0 Å². The molecule has 1 heterocycles. The zero-order valence-corrected chi connectivity index (χ0v) is 14.3. The molecule has 0 saturated heterocycles. The third kappa shape index (κ3) is 4.28. The number of sulfonamides is 1. The van der Waals surface area contributed by atoms with Crippen LogP contribution in [-0.2, 0) is 22.0 Å². The first kappa shape index (κ1) is 17.1. The molecule has 0 aliphatic heterocycles. The van der Waals surface area contributed by atoms with Crippen LogP contribution in [0.25, 0.3) is 0 Å². The molecule has 0 spiro atoms. The highest BCUT2D eigenvalue weighted by Crippen LogP contribution is 2.19. The van der Waals surface area contributed by atoms with Gasteiger partial charge in [0.25, 0.3) is 0 Å². The predicted molar refractivity (Wildman–Crippen MR) is 80.0 cm³/mol. The molecule has 0 unspecified atom stereocenters. The van der Waals surface area contributed by atoms with E-state index in [2.05, 4.69) is 31.0 Å². The standard InChI is InChI=1S/C13H26N4O2S/c1-12(2,3)16-10-14-15-11(16)8-9-17(13(4,5)6)20(7,18)19/h10H,8-9H2,1-7H3. The Labute approximate surface area is 122 Å². The zero-order valence-electron chi connectivity index (χ0n) is 13.5. The Kier molecular flexibility index (Phi) is 4.65. The molecule has 0 fully saturated rings. The summed E-state index contributed by atoms with van der Waals surface area (Å²) >= 11 is 0. The maximum absolute atomic E-state index is 11.9. The van der Waals surface area contributed by atoms with Gasteiger partial charge in [-0.05, 0) is 41.5 Å². The van der Waals surface area contributed by atoms with Gasteiger partial charge in [-0.25, -0.2) is 8.42 Å². The average Bonchev–Trinajstić information content (AvgIpc) is 2.60. The van der Waals surface area contributed by atoms with Crippen LogP contribution in [0.4, 0.5) is 0 Å². The molecule has 0 aliphatic carbocycles. The minimum Gasteiger partial charge on any atom is -0.312 e. The second-order valence-electron chi connectivity index (χ2n) is 7.04. The Balaban J connectivity index is 2.93. The fraction of sp³-hybridized carbons (Fsp3) is 0.846. The number of hydrogen-bond acceptors (Lipinski definition) is 4. The summed E-state index contributed by atoms with van der Waals surface area (Å²) in [7, 11) is -3.25. The molecule has 0 N–H and O–H groups in total. The maximum Gasteiger partial charge on any atom is 0.211 e. The summed E-state index contributed by atoms with van der Waals surface area (Å²) in [6, 6.07) is 0. The number of hydrogen-bond donors (Lipinski definition) is 0. The molecule has 7 heteroatoms. The molecule has 20 heavy (non-hydrogen) atoms. The fourth-order valence-corrected chi connectivity index (χ4v) is 3.61. The molecule has 0 atom stereocenters. The van der Waals surface area contributed by atoms with E-state index in [1.807, 2.05) is 25.3 Å². The van der Waals surface area contributed by atoms with Crippen LogP contribution in [0.2, 0.25) is 0 Å². The second kappa shape index (κ2) is 5.44. The third-order valence-corrected chi connectivity index (χ3v) is 4.56. The van der Waals surface area contributed by atoms with Gasteiger partial charge < -0.3 is 4.57 Å². The summed E-state index contributed by atoms with van der Waals surface area (Å²) < 4.78 is 27.3. The van der Waals surface area contributed by atoms with Gasteiger partial charge in [-0.15, -0.1) is 10.2 Å². The molecule has 1 aromatic rings. The molecule has 0 aromatic carbocycles. The third-order valence-electron chi connectivity index (χ3n) is 3.03. The van der Waals surface area contributed by atoms with Gasteiger partial charge in [0, 0.05) is 24.0 Å². The van der Waals surface area contributed by atoms with Crippen molar-refractivity contribution in [2.24, 2.45) is 0 Å². The highest BCUT2D eigenvalue weighted by Gasteiger charge is 2.30. The molecule has 0 amide bonds. The van der Waals surface area contributed by atoms with Crippen molar-refractivity contribution < 1.29 is 8.42 Å². The van der Waals surface area contributed by atoms with Crippen LogP contribution in [0, 0.1) is 0 Å². The summed E-state index contributed by atoms with van der Waals surface area (Å²) in [6.45, 7) is 12.3. The van der Waals surface area contributed by atoms with Crippen molar-refractivity contribution in [3.05, 3.63) is 12.2 Å². The van der Waals surface area contributed by atoms with E-state index in [1.165, 1.54) is 10.6 Å². The predicted octanol–water partition coefficient (Wildman–Crippen LogP) is 1.64. The summed E-state index contributed by atoms with van der Waals surface area (Å²) in [5, 5.41) is 8.05. The van der Waals surface area contributed by atoms with Crippen LogP contribution in [-0.4, -0.2) is 45.8 Å². The SMILES string of the molecule is CC(C)(C)N(CCc1nncn1C(C)(C)C)S(C)(=O)=O. The van der Waals surface area contributed by atoms with Crippen LogP contribution in [0.5, 0.6) is 0 Å². The van der Waals surface area contributed by atoms with Gasteiger partial charge in [0.2, 0.25) is 10.0 Å². The van der Waals surface area contributed by atoms with Gasteiger partial charge in [0.15, 0.2) is 0 Å². The van der Waals surface area contributed by atoms with Crippen LogP contribution in [0.3, 0.4) is 0 Å². The van der Waals surface area contributed by atoms with Crippen LogP contribution < -0.4 is 0 Å².